The van der Waals surface area contributed by atoms with Gasteiger partial charge in [-0.25, -0.2) is 4.98 Å². The Kier molecular flexibility index (Phi) is 9.54. The van der Waals surface area contributed by atoms with Gasteiger partial charge in [-0.15, -0.1) is 0 Å². The number of benzene rings is 2. The van der Waals surface area contributed by atoms with E-state index < -0.39 is 7.14 Å². The molecule has 5 rings (SSSR count). The Bertz CT molecular complexity index is 1490. The molecule has 2 aliphatic rings. The zero-order valence-corrected chi connectivity index (χ0v) is 26.0. The second-order valence-corrected chi connectivity index (χ2v) is 14.8. The normalized spacial score (nSPS) is 16.6. The molecule has 3 heterocycles. The van der Waals surface area contributed by atoms with Crippen molar-refractivity contribution in [2.45, 2.75) is 12.8 Å². The quantitative estimate of drug-likeness (QED) is 0.290. The van der Waals surface area contributed by atoms with Crippen LogP contribution in [0.2, 0.25) is 5.02 Å². The molecule has 3 aromatic rings. The first-order valence-corrected chi connectivity index (χ1v) is 17.2. The van der Waals surface area contributed by atoms with Crippen molar-refractivity contribution < 1.29 is 9.30 Å². The Hall–Kier alpha value is -3.35. The monoisotopic (exact) mass is 608 g/mol. The average Bonchev–Trinajstić information content (AvgIpc) is 2.99. The van der Waals surface area contributed by atoms with Gasteiger partial charge >= 0.3 is 0 Å². The van der Waals surface area contributed by atoms with Crippen molar-refractivity contribution in [1.82, 2.24) is 20.2 Å². The largest absolute Gasteiger partial charge is 0.494 e. The number of ether oxygens (including phenoxy) is 1. The summed E-state index contributed by atoms with van der Waals surface area (Å²) in [6.45, 7) is 10.5. The second-order valence-electron chi connectivity index (χ2n) is 11.2. The van der Waals surface area contributed by atoms with E-state index >= 15 is 0 Å². The van der Waals surface area contributed by atoms with Gasteiger partial charge in [-0.1, -0.05) is 23.7 Å². The lowest BCUT2D eigenvalue weighted by molar-refractivity contribution is 0.196. The highest BCUT2D eigenvalue weighted by molar-refractivity contribution is 7.70. The third kappa shape index (κ3) is 7.16. The molecule has 0 radical (unpaired) electrons. The molecule has 0 amide bonds. The fourth-order valence-corrected chi connectivity index (χ4v) is 6.89. The molecule has 2 aliphatic heterocycles. The van der Waals surface area contributed by atoms with Crippen LogP contribution in [-0.2, 0) is 4.57 Å². The Morgan fingerprint density at radius 1 is 1.12 bits per heavy atom. The molecule has 0 aliphatic carbocycles. The van der Waals surface area contributed by atoms with Crippen molar-refractivity contribution in [3.63, 3.8) is 0 Å². The molecule has 42 heavy (non-hydrogen) atoms. The number of piperazine rings is 1. The number of methoxy groups -OCH3 is 1. The highest BCUT2D eigenvalue weighted by Gasteiger charge is 2.24. The first-order valence-electron chi connectivity index (χ1n) is 14.3. The van der Waals surface area contributed by atoms with E-state index in [-0.39, 0.29) is 5.95 Å². The lowest BCUT2D eigenvalue weighted by Gasteiger charge is -2.38. The van der Waals surface area contributed by atoms with Crippen LogP contribution in [0, 0.1) is 17.2 Å². The van der Waals surface area contributed by atoms with Crippen LogP contribution in [0.1, 0.15) is 18.4 Å². The molecule has 2 aromatic carbocycles. The molecule has 0 bridgehead atoms. The third-order valence-electron chi connectivity index (χ3n) is 7.85. The molecule has 222 valence electrons. The molecule has 0 atom stereocenters. The number of anilines is 5. The third-order valence-corrected chi connectivity index (χ3v) is 9.68. The van der Waals surface area contributed by atoms with Gasteiger partial charge in [0.1, 0.15) is 24.0 Å². The number of rotatable bonds is 9. The van der Waals surface area contributed by atoms with E-state index in [9.17, 15) is 9.83 Å². The van der Waals surface area contributed by atoms with Crippen molar-refractivity contribution in [2.24, 2.45) is 5.92 Å². The maximum atomic E-state index is 12.8. The van der Waals surface area contributed by atoms with Gasteiger partial charge in [0.05, 0.1) is 35.9 Å². The van der Waals surface area contributed by atoms with E-state index in [0.717, 1.165) is 57.4 Å². The van der Waals surface area contributed by atoms with Gasteiger partial charge in [0.15, 0.2) is 5.82 Å². The number of nitriles is 1. The number of nitrogens with one attached hydrogen (secondary N) is 3. The first kappa shape index (κ1) is 30.1. The Balaban J connectivity index is 1.32. The number of hydrogen-bond acceptors (Lipinski definition) is 10. The predicted molar refractivity (Wildman–Crippen MR) is 171 cm³/mol. The van der Waals surface area contributed by atoms with E-state index in [4.69, 9.17) is 16.3 Å². The Labute approximate surface area is 252 Å². The minimum Gasteiger partial charge on any atom is -0.494 e. The molecular weight excluding hydrogens is 571 g/mol. The van der Waals surface area contributed by atoms with Crippen LogP contribution < -0.4 is 30.9 Å². The number of aromatic nitrogens is 2. The summed E-state index contributed by atoms with van der Waals surface area (Å²) in [5.41, 5.74) is 2.65. The molecule has 2 fully saturated rings. The lowest BCUT2D eigenvalue weighted by atomic mass is 9.97. The summed E-state index contributed by atoms with van der Waals surface area (Å²) < 4.78 is 18.6. The molecule has 0 unspecified atom stereocenters. The molecule has 0 saturated carbocycles. The molecule has 1 aromatic heterocycles. The van der Waals surface area contributed by atoms with E-state index in [1.807, 2.05) is 30.3 Å². The van der Waals surface area contributed by atoms with Crippen LogP contribution in [0.5, 0.6) is 5.75 Å². The molecule has 10 nitrogen and oxygen atoms in total. The SMILES string of the molecule is COc1cc(N2CCN(CC3CCNCC3)CC2)c(C#N)cc1Nc1ncc(Cl)c(Nc2ccccc2P(C)(C)=O)n1. The van der Waals surface area contributed by atoms with E-state index in [2.05, 4.69) is 41.8 Å². The summed E-state index contributed by atoms with van der Waals surface area (Å²) in [6, 6.07) is 13.4. The van der Waals surface area contributed by atoms with Gasteiger partial charge in [0, 0.05) is 44.1 Å². The molecule has 3 N–H and O–H groups in total. The lowest BCUT2D eigenvalue weighted by Crippen LogP contribution is -2.48. The number of nitrogens with zero attached hydrogens (tertiary/aromatic N) is 5. The first-order chi connectivity index (χ1) is 20.2. The van der Waals surface area contributed by atoms with Gasteiger partial charge in [0.2, 0.25) is 5.95 Å². The molecule has 12 heteroatoms. The summed E-state index contributed by atoms with van der Waals surface area (Å²) in [5, 5.41) is 20.9. The summed E-state index contributed by atoms with van der Waals surface area (Å²) in [5.74, 6) is 1.99. The van der Waals surface area contributed by atoms with Crippen LogP contribution in [0.3, 0.4) is 0 Å². The minimum atomic E-state index is -2.54. The summed E-state index contributed by atoms with van der Waals surface area (Å²) in [6.07, 6.45) is 3.98. The van der Waals surface area contributed by atoms with Crippen molar-refractivity contribution in [1.29, 1.82) is 5.26 Å². The number of halogens is 1. The fraction of sp³-hybridized carbons (Fsp3) is 0.433. The average molecular weight is 609 g/mol. The molecule has 0 spiro atoms. The zero-order chi connectivity index (χ0) is 29.7. The molecule has 2 saturated heterocycles. The number of piperidine rings is 1. The maximum Gasteiger partial charge on any atom is 0.229 e. The predicted octanol–water partition coefficient (Wildman–Crippen LogP) is 4.87. The second kappa shape index (κ2) is 13.3. The van der Waals surface area contributed by atoms with Gasteiger partial charge in [-0.05, 0) is 63.4 Å². The van der Waals surface area contributed by atoms with Crippen molar-refractivity contribution in [3.05, 3.63) is 53.2 Å². The highest BCUT2D eigenvalue weighted by Crippen LogP contribution is 2.39. The molecular formula is C30H38ClN8O2P. The fourth-order valence-electron chi connectivity index (χ4n) is 5.60. The van der Waals surface area contributed by atoms with Crippen LogP contribution >= 0.6 is 18.7 Å². The van der Waals surface area contributed by atoms with Crippen molar-refractivity contribution in [3.8, 4) is 11.8 Å². The van der Waals surface area contributed by atoms with Crippen LogP contribution in [0.4, 0.5) is 28.8 Å². The highest BCUT2D eigenvalue weighted by atomic mass is 35.5. The minimum absolute atomic E-state index is 0.275. The maximum absolute atomic E-state index is 12.8. The number of para-hydroxylation sites is 1. The van der Waals surface area contributed by atoms with Crippen molar-refractivity contribution in [2.75, 3.05) is 81.8 Å². The van der Waals surface area contributed by atoms with E-state index in [1.165, 1.54) is 19.0 Å². The van der Waals surface area contributed by atoms with Crippen LogP contribution in [-0.4, -0.2) is 81.1 Å². The van der Waals surface area contributed by atoms with E-state index in [1.54, 1.807) is 26.5 Å². The Morgan fingerprint density at radius 2 is 1.86 bits per heavy atom. The standard InChI is InChI=1S/C30H38ClN8O2P/c1-41-27-17-26(39-14-12-38(13-15-39)20-21-8-10-33-11-9-21)22(18-32)16-25(27)36-30-34-19-23(31)29(37-30)35-24-6-4-5-7-28(24)42(2,3)40/h4-7,16-17,19,21,33H,8-15,20H2,1-3H3,(H2,34,35,36,37). The van der Waals surface area contributed by atoms with Gasteiger partial charge in [-0.3, -0.25) is 4.90 Å². The van der Waals surface area contributed by atoms with Gasteiger partial charge in [-0.2, -0.15) is 10.2 Å². The zero-order valence-electron chi connectivity index (χ0n) is 24.4. The Morgan fingerprint density at radius 3 is 2.55 bits per heavy atom. The van der Waals surface area contributed by atoms with Crippen molar-refractivity contribution >= 4 is 52.9 Å². The smallest absolute Gasteiger partial charge is 0.229 e. The summed E-state index contributed by atoms with van der Waals surface area (Å²) >= 11 is 6.43. The van der Waals surface area contributed by atoms with Crippen LogP contribution in [0.15, 0.2) is 42.6 Å². The summed E-state index contributed by atoms with van der Waals surface area (Å²) in [7, 11) is -0.939. The summed E-state index contributed by atoms with van der Waals surface area (Å²) in [4.78, 5) is 13.7. The van der Waals surface area contributed by atoms with Gasteiger partial charge in [0.25, 0.3) is 0 Å². The topological polar surface area (TPSA) is 118 Å². The van der Waals surface area contributed by atoms with Gasteiger partial charge < -0.3 is 30.2 Å². The van der Waals surface area contributed by atoms with E-state index in [0.29, 0.717) is 38.8 Å². The number of hydrogen-bond donors (Lipinski definition) is 3. The van der Waals surface area contributed by atoms with Crippen LogP contribution in [0.25, 0.3) is 0 Å².